The minimum Gasteiger partial charge on any atom is -0.355 e. The Labute approximate surface area is 101 Å². The van der Waals surface area contributed by atoms with Crippen LogP contribution in [0.4, 0.5) is 5.69 Å². The van der Waals surface area contributed by atoms with E-state index in [0.29, 0.717) is 13.2 Å². The molecule has 1 saturated heterocycles. The van der Waals surface area contributed by atoms with E-state index in [1.54, 1.807) is 0 Å². The number of rotatable bonds is 0. The zero-order valence-electron chi connectivity index (χ0n) is 10.1. The molecule has 0 saturated carbocycles. The Morgan fingerprint density at radius 2 is 2.24 bits per heavy atom. The number of amides is 1. The molecule has 90 valence electrons. The van der Waals surface area contributed by atoms with E-state index in [9.17, 15) is 4.79 Å². The van der Waals surface area contributed by atoms with Gasteiger partial charge in [0.05, 0.1) is 13.2 Å². The van der Waals surface area contributed by atoms with Gasteiger partial charge in [0.15, 0.2) is 0 Å². The second-order valence-electron chi connectivity index (χ2n) is 4.86. The summed E-state index contributed by atoms with van der Waals surface area (Å²) in [5, 5.41) is 2.94. The zero-order valence-corrected chi connectivity index (χ0v) is 10.1. The second kappa shape index (κ2) is 3.55. The lowest BCUT2D eigenvalue weighted by Gasteiger charge is -2.33. The molecule has 17 heavy (non-hydrogen) atoms. The SMILES string of the molecule is CC1COC2(C)c3ccccc3NC(=O)CN12. The van der Waals surface area contributed by atoms with Crippen LogP contribution in [0.3, 0.4) is 0 Å². The number of ether oxygens (including phenoxy) is 1. The molecular weight excluding hydrogens is 216 g/mol. The molecule has 0 spiro atoms. The molecule has 2 heterocycles. The first-order valence-electron chi connectivity index (χ1n) is 5.91. The Hall–Kier alpha value is -1.39. The number of hydrogen-bond donors (Lipinski definition) is 1. The zero-order chi connectivity index (χ0) is 12.0. The lowest BCUT2D eigenvalue weighted by molar-refractivity contribution is -0.123. The van der Waals surface area contributed by atoms with Crippen LogP contribution in [0.15, 0.2) is 24.3 Å². The monoisotopic (exact) mass is 232 g/mol. The van der Waals surface area contributed by atoms with Crippen LogP contribution in [-0.4, -0.2) is 30.0 Å². The lowest BCUT2D eigenvalue weighted by atomic mass is 10.0. The van der Waals surface area contributed by atoms with Crippen LogP contribution in [0.2, 0.25) is 0 Å². The molecule has 2 unspecified atom stereocenters. The molecule has 0 radical (unpaired) electrons. The Kier molecular flexibility index (Phi) is 2.24. The normalized spacial score (nSPS) is 32.6. The number of para-hydroxylation sites is 1. The van der Waals surface area contributed by atoms with Crippen LogP contribution in [0, 0.1) is 0 Å². The maximum Gasteiger partial charge on any atom is 0.238 e. The van der Waals surface area contributed by atoms with Gasteiger partial charge in [-0.1, -0.05) is 18.2 Å². The third-order valence-electron chi connectivity index (χ3n) is 3.70. The fourth-order valence-corrected chi connectivity index (χ4v) is 2.76. The van der Waals surface area contributed by atoms with E-state index in [2.05, 4.69) is 17.1 Å². The minimum absolute atomic E-state index is 0.0264. The van der Waals surface area contributed by atoms with Crippen LogP contribution < -0.4 is 5.32 Å². The summed E-state index contributed by atoms with van der Waals surface area (Å²) < 4.78 is 5.95. The van der Waals surface area contributed by atoms with Crippen molar-refractivity contribution in [1.82, 2.24) is 4.90 Å². The van der Waals surface area contributed by atoms with Gasteiger partial charge < -0.3 is 10.1 Å². The number of nitrogens with zero attached hydrogens (tertiary/aromatic N) is 1. The number of carbonyl (C=O) groups excluding carboxylic acids is 1. The first-order chi connectivity index (χ1) is 8.11. The Balaban J connectivity index is 2.17. The number of benzene rings is 1. The van der Waals surface area contributed by atoms with Crippen LogP contribution in [0.25, 0.3) is 0 Å². The highest BCUT2D eigenvalue weighted by Crippen LogP contribution is 2.41. The van der Waals surface area contributed by atoms with Crippen molar-refractivity contribution in [3.63, 3.8) is 0 Å². The molecule has 1 fully saturated rings. The molecule has 1 aromatic carbocycles. The fraction of sp³-hybridized carbons (Fsp3) is 0.462. The summed E-state index contributed by atoms with van der Waals surface area (Å²) in [7, 11) is 0. The van der Waals surface area contributed by atoms with E-state index in [1.165, 1.54) is 0 Å². The van der Waals surface area contributed by atoms with Crippen LogP contribution in [0.1, 0.15) is 19.4 Å². The molecule has 0 aromatic heterocycles. The summed E-state index contributed by atoms with van der Waals surface area (Å²) in [6, 6.07) is 8.11. The maximum absolute atomic E-state index is 11.9. The Morgan fingerprint density at radius 1 is 1.47 bits per heavy atom. The molecule has 2 atom stereocenters. The summed E-state index contributed by atoms with van der Waals surface area (Å²) in [5.41, 5.74) is 1.40. The second-order valence-corrected chi connectivity index (χ2v) is 4.86. The van der Waals surface area contributed by atoms with Crippen molar-refractivity contribution in [3.05, 3.63) is 29.8 Å². The molecule has 3 rings (SSSR count). The van der Waals surface area contributed by atoms with Crippen molar-refractivity contribution in [3.8, 4) is 0 Å². The first kappa shape index (κ1) is 10.7. The van der Waals surface area contributed by atoms with Gasteiger partial charge in [-0.15, -0.1) is 0 Å². The summed E-state index contributed by atoms with van der Waals surface area (Å²) in [6.07, 6.45) is 0. The Bertz CT molecular complexity index is 474. The quantitative estimate of drug-likeness (QED) is 0.737. The average Bonchev–Trinajstić information content (AvgIpc) is 2.54. The topological polar surface area (TPSA) is 41.6 Å². The summed E-state index contributed by atoms with van der Waals surface area (Å²) in [5.74, 6) is 0.0264. The molecule has 1 aromatic rings. The number of nitrogens with one attached hydrogen (secondary N) is 1. The van der Waals surface area contributed by atoms with Crippen LogP contribution in [0.5, 0.6) is 0 Å². The highest BCUT2D eigenvalue weighted by molar-refractivity contribution is 5.94. The minimum atomic E-state index is -0.491. The van der Waals surface area contributed by atoms with E-state index >= 15 is 0 Å². The highest BCUT2D eigenvalue weighted by atomic mass is 16.5. The first-order valence-corrected chi connectivity index (χ1v) is 5.91. The predicted octanol–water partition coefficient (Wildman–Crippen LogP) is 1.53. The van der Waals surface area contributed by atoms with E-state index in [4.69, 9.17) is 4.74 Å². The molecular formula is C13H16N2O2. The lowest BCUT2D eigenvalue weighted by Crippen LogP contribution is -2.44. The van der Waals surface area contributed by atoms with Gasteiger partial charge in [0.1, 0.15) is 5.72 Å². The number of carbonyl (C=O) groups is 1. The number of anilines is 1. The standard InChI is InChI=1S/C13H16N2O2/c1-9-8-17-13(2)10-5-3-4-6-11(10)14-12(16)7-15(9)13/h3-6,9H,7-8H2,1-2H3,(H,14,16). The van der Waals surface area contributed by atoms with Gasteiger partial charge >= 0.3 is 0 Å². The third-order valence-corrected chi connectivity index (χ3v) is 3.70. The molecule has 0 bridgehead atoms. The van der Waals surface area contributed by atoms with Gasteiger partial charge in [0, 0.05) is 17.3 Å². The molecule has 2 aliphatic rings. The van der Waals surface area contributed by atoms with Gasteiger partial charge in [-0.25, -0.2) is 0 Å². The van der Waals surface area contributed by atoms with E-state index in [1.807, 2.05) is 31.2 Å². The van der Waals surface area contributed by atoms with Gasteiger partial charge in [-0.2, -0.15) is 0 Å². The van der Waals surface area contributed by atoms with Crippen molar-refractivity contribution in [2.45, 2.75) is 25.6 Å². The van der Waals surface area contributed by atoms with Gasteiger partial charge in [0.25, 0.3) is 0 Å². The van der Waals surface area contributed by atoms with Gasteiger partial charge in [0.2, 0.25) is 5.91 Å². The van der Waals surface area contributed by atoms with Gasteiger partial charge in [-0.3, -0.25) is 9.69 Å². The maximum atomic E-state index is 11.9. The smallest absolute Gasteiger partial charge is 0.238 e. The highest BCUT2D eigenvalue weighted by Gasteiger charge is 2.47. The average molecular weight is 232 g/mol. The van der Waals surface area contributed by atoms with E-state index < -0.39 is 5.72 Å². The molecule has 1 N–H and O–H groups in total. The Morgan fingerprint density at radius 3 is 3.06 bits per heavy atom. The molecule has 2 aliphatic heterocycles. The van der Waals surface area contributed by atoms with Crippen molar-refractivity contribution >= 4 is 11.6 Å². The van der Waals surface area contributed by atoms with E-state index in [0.717, 1.165) is 11.3 Å². The molecule has 4 heteroatoms. The van der Waals surface area contributed by atoms with E-state index in [-0.39, 0.29) is 11.9 Å². The molecule has 1 amide bonds. The summed E-state index contributed by atoms with van der Waals surface area (Å²) in [6.45, 7) is 5.17. The summed E-state index contributed by atoms with van der Waals surface area (Å²) >= 11 is 0. The number of fused-ring (bicyclic) bond motifs is 3. The van der Waals surface area contributed by atoms with Crippen molar-refractivity contribution in [2.75, 3.05) is 18.5 Å². The van der Waals surface area contributed by atoms with Crippen LogP contribution >= 0.6 is 0 Å². The predicted molar refractivity (Wildman–Crippen MR) is 64.5 cm³/mol. The van der Waals surface area contributed by atoms with Gasteiger partial charge in [-0.05, 0) is 19.9 Å². The molecule has 0 aliphatic carbocycles. The third kappa shape index (κ3) is 1.48. The van der Waals surface area contributed by atoms with Crippen LogP contribution in [-0.2, 0) is 15.3 Å². The van der Waals surface area contributed by atoms with Crippen molar-refractivity contribution < 1.29 is 9.53 Å². The van der Waals surface area contributed by atoms with Crippen molar-refractivity contribution in [2.24, 2.45) is 0 Å². The fourth-order valence-electron chi connectivity index (χ4n) is 2.76. The largest absolute Gasteiger partial charge is 0.355 e. The van der Waals surface area contributed by atoms with Crippen molar-refractivity contribution in [1.29, 1.82) is 0 Å². The molecule has 4 nitrogen and oxygen atoms in total. The summed E-state index contributed by atoms with van der Waals surface area (Å²) in [4.78, 5) is 14.0. The number of hydrogen-bond acceptors (Lipinski definition) is 3.